The fraction of sp³-hybridized carbons (Fsp3) is 0.188. The summed E-state index contributed by atoms with van der Waals surface area (Å²) < 4.78 is 0. The second-order valence-corrected chi connectivity index (χ2v) is 6.21. The van der Waals surface area contributed by atoms with Gasteiger partial charge in [0, 0.05) is 23.1 Å². The third-order valence-corrected chi connectivity index (χ3v) is 4.42. The van der Waals surface area contributed by atoms with Crippen molar-refractivity contribution >= 4 is 35.0 Å². The predicted octanol–water partition coefficient (Wildman–Crippen LogP) is 3.43. The summed E-state index contributed by atoms with van der Waals surface area (Å²) >= 11 is 7.31. The zero-order valence-corrected chi connectivity index (χ0v) is 14.3. The molecule has 0 aromatic heterocycles. The van der Waals surface area contributed by atoms with Gasteiger partial charge in [0.25, 0.3) is 11.6 Å². The topological polar surface area (TPSA) is 92.5 Å². The van der Waals surface area contributed by atoms with E-state index < -0.39 is 16.9 Å². The Labute approximate surface area is 148 Å². The van der Waals surface area contributed by atoms with Crippen molar-refractivity contribution in [1.29, 1.82) is 0 Å². The van der Waals surface area contributed by atoms with Crippen LogP contribution in [0, 0.1) is 10.1 Å². The average Bonchev–Trinajstić information content (AvgIpc) is 2.59. The summed E-state index contributed by atoms with van der Waals surface area (Å²) in [4.78, 5) is 23.3. The minimum atomic E-state index is -0.868. The van der Waals surface area contributed by atoms with Crippen LogP contribution in [0.4, 0.5) is 5.69 Å². The smallest absolute Gasteiger partial charge is 0.288 e. The summed E-state index contributed by atoms with van der Waals surface area (Å²) in [5.74, 6) is -0.519. The number of benzene rings is 2. The van der Waals surface area contributed by atoms with Gasteiger partial charge in [-0.05, 0) is 36.1 Å². The molecule has 0 aliphatic rings. The molecule has 0 fully saturated rings. The van der Waals surface area contributed by atoms with E-state index in [1.807, 2.05) is 18.4 Å². The van der Waals surface area contributed by atoms with Crippen molar-refractivity contribution < 1.29 is 14.8 Å². The summed E-state index contributed by atoms with van der Waals surface area (Å²) in [5, 5.41) is 23.5. The second-order valence-electron chi connectivity index (χ2n) is 4.92. The van der Waals surface area contributed by atoms with E-state index in [1.54, 1.807) is 23.9 Å². The van der Waals surface area contributed by atoms with Crippen LogP contribution >= 0.6 is 23.4 Å². The Morgan fingerprint density at radius 2 is 2.00 bits per heavy atom. The maximum Gasteiger partial charge on any atom is 0.288 e. The minimum Gasteiger partial charge on any atom is -0.387 e. The first-order chi connectivity index (χ1) is 11.4. The molecule has 0 spiro atoms. The number of thioether (sulfide) groups is 1. The highest BCUT2D eigenvalue weighted by atomic mass is 35.5. The molecular formula is C16H15ClN2O4S. The Kier molecular flexibility index (Phi) is 6.19. The summed E-state index contributed by atoms with van der Waals surface area (Å²) in [6, 6.07) is 11.1. The van der Waals surface area contributed by atoms with E-state index in [2.05, 4.69) is 5.32 Å². The first kappa shape index (κ1) is 18.3. The maximum absolute atomic E-state index is 12.1. The number of halogens is 1. The zero-order chi connectivity index (χ0) is 17.7. The summed E-state index contributed by atoms with van der Waals surface area (Å²) in [6.45, 7) is -0.00608. The van der Waals surface area contributed by atoms with Crippen LogP contribution in [-0.2, 0) is 0 Å². The van der Waals surface area contributed by atoms with Gasteiger partial charge in [-0.15, -0.1) is 11.8 Å². The van der Waals surface area contributed by atoms with Crippen LogP contribution in [0.15, 0.2) is 47.4 Å². The number of aliphatic hydroxyl groups is 1. The molecule has 0 aliphatic heterocycles. The van der Waals surface area contributed by atoms with Crippen LogP contribution in [0.25, 0.3) is 0 Å². The molecule has 1 amide bonds. The van der Waals surface area contributed by atoms with Crippen molar-refractivity contribution in [3.8, 4) is 0 Å². The molecule has 0 radical (unpaired) electrons. The Hall–Kier alpha value is -2.09. The quantitative estimate of drug-likeness (QED) is 0.464. The van der Waals surface area contributed by atoms with Crippen molar-refractivity contribution in [2.24, 2.45) is 0 Å². The van der Waals surface area contributed by atoms with Gasteiger partial charge in [0.05, 0.1) is 11.0 Å². The molecule has 2 N–H and O–H groups in total. The first-order valence-corrected chi connectivity index (χ1v) is 8.57. The van der Waals surface area contributed by atoms with E-state index in [-0.39, 0.29) is 22.8 Å². The van der Waals surface area contributed by atoms with Gasteiger partial charge in [0.15, 0.2) is 0 Å². The van der Waals surface area contributed by atoms with Gasteiger partial charge in [-0.25, -0.2) is 0 Å². The number of aliphatic hydroxyl groups excluding tert-OH is 1. The molecule has 0 bridgehead atoms. The molecule has 8 heteroatoms. The van der Waals surface area contributed by atoms with Crippen LogP contribution < -0.4 is 5.32 Å². The van der Waals surface area contributed by atoms with E-state index in [9.17, 15) is 20.0 Å². The number of nitro groups is 1. The Morgan fingerprint density at radius 3 is 2.58 bits per heavy atom. The second kappa shape index (κ2) is 8.14. The fourth-order valence-electron chi connectivity index (χ4n) is 2.03. The number of nitrogens with one attached hydrogen (secondary N) is 1. The largest absolute Gasteiger partial charge is 0.387 e. The molecule has 0 saturated heterocycles. The van der Waals surface area contributed by atoms with E-state index >= 15 is 0 Å². The lowest BCUT2D eigenvalue weighted by Gasteiger charge is -2.13. The molecule has 0 heterocycles. The molecule has 126 valence electrons. The zero-order valence-electron chi connectivity index (χ0n) is 12.7. The van der Waals surface area contributed by atoms with Crippen molar-refractivity contribution in [2.75, 3.05) is 12.8 Å². The van der Waals surface area contributed by atoms with E-state index in [4.69, 9.17) is 11.6 Å². The average molecular weight is 367 g/mol. The number of hydrogen-bond donors (Lipinski definition) is 2. The lowest BCUT2D eigenvalue weighted by molar-refractivity contribution is -0.384. The SMILES string of the molecule is CSc1ccc(C(O)CNC(=O)c2ccc(Cl)c([N+](=O)[O-])c2)cc1. The van der Waals surface area contributed by atoms with Gasteiger partial charge in [0.2, 0.25) is 0 Å². The maximum atomic E-state index is 12.1. The molecule has 2 rings (SSSR count). The third kappa shape index (κ3) is 4.47. The molecule has 1 atom stereocenters. The molecule has 0 saturated carbocycles. The van der Waals surface area contributed by atoms with E-state index in [0.29, 0.717) is 5.56 Å². The minimum absolute atomic E-state index is 0.00608. The van der Waals surface area contributed by atoms with Gasteiger partial charge >= 0.3 is 0 Å². The lowest BCUT2D eigenvalue weighted by atomic mass is 10.1. The van der Waals surface area contributed by atoms with Gasteiger partial charge in [0.1, 0.15) is 5.02 Å². The number of rotatable bonds is 6. The van der Waals surface area contributed by atoms with Crippen LogP contribution in [0.3, 0.4) is 0 Å². The van der Waals surface area contributed by atoms with E-state index in [1.165, 1.54) is 12.1 Å². The monoisotopic (exact) mass is 366 g/mol. The normalized spacial score (nSPS) is 11.8. The number of nitrogens with zero attached hydrogens (tertiary/aromatic N) is 1. The fourth-order valence-corrected chi connectivity index (χ4v) is 2.62. The van der Waals surface area contributed by atoms with Crippen LogP contribution in [0.2, 0.25) is 5.02 Å². The highest BCUT2D eigenvalue weighted by Gasteiger charge is 2.17. The van der Waals surface area contributed by atoms with E-state index in [0.717, 1.165) is 11.0 Å². The van der Waals surface area contributed by atoms with Crippen LogP contribution in [-0.4, -0.2) is 28.7 Å². The first-order valence-electron chi connectivity index (χ1n) is 6.96. The molecule has 1 unspecified atom stereocenters. The van der Waals surface area contributed by atoms with Crippen molar-refractivity contribution in [3.05, 3.63) is 68.7 Å². The summed E-state index contributed by atoms with van der Waals surface area (Å²) in [7, 11) is 0. The molecule has 2 aromatic carbocycles. The predicted molar refractivity (Wildman–Crippen MR) is 93.6 cm³/mol. The molecule has 6 nitrogen and oxygen atoms in total. The standard InChI is InChI=1S/C16H15ClN2O4S/c1-24-12-5-2-10(3-6-12)15(20)9-18-16(21)11-4-7-13(17)14(8-11)19(22)23/h2-8,15,20H,9H2,1H3,(H,18,21). The highest BCUT2D eigenvalue weighted by molar-refractivity contribution is 7.98. The Morgan fingerprint density at radius 1 is 1.33 bits per heavy atom. The number of carbonyl (C=O) groups excluding carboxylic acids is 1. The lowest BCUT2D eigenvalue weighted by Crippen LogP contribution is -2.28. The number of hydrogen-bond acceptors (Lipinski definition) is 5. The summed E-state index contributed by atoms with van der Waals surface area (Å²) in [5.41, 5.74) is 0.448. The number of carbonyl (C=O) groups is 1. The highest BCUT2D eigenvalue weighted by Crippen LogP contribution is 2.25. The van der Waals surface area contributed by atoms with Gasteiger partial charge in [-0.2, -0.15) is 0 Å². The molecule has 24 heavy (non-hydrogen) atoms. The van der Waals surface area contributed by atoms with Gasteiger partial charge < -0.3 is 10.4 Å². The van der Waals surface area contributed by atoms with Crippen LogP contribution in [0.5, 0.6) is 0 Å². The summed E-state index contributed by atoms with van der Waals surface area (Å²) in [6.07, 6.45) is 1.09. The van der Waals surface area contributed by atoms with Crippen molar-refractivity contribution in [3.63, 3.8) is 0 Å². The molecular weight excluding hydrogens is 352 g/mol. The van der Waals surface area contributed by atoms with Gasteiger partial charge in [-0.3, -0.25) is 14.9 Å². The Balaban J connectivity index is 2.01. The molecule has 2 aromatic rings. The van der Waals surface area contributed by atoms with Gasteiger partial charge in [-0.1, -0.05) is 23.7 Å². The number of nitro benzene ring substituents is 1. The van der Waals surface area contributed by atoms with Crippen molar-refractivity contribution in [2.45, 2.75) is 11.0 Å². The molecule has 0 aliphatic carbocycles. The third-order valence-electron chi connectivity index (χ3n) is 3.36. The van der Waals surface area contributed by atoms with Crippen LogP contribution in [0.1, 0.15) is 22.0 Å². The Bertz CT molecular complexity index is 752. The number of amides is 1. The van der Waals surface area contributed by atoms with Crippen molar-refractivity contribution in [1.82, 2.24) is 5.32 Å².